The van der Waals surface area contributed by atoms with Crippen molar-refractivity contribution < 1.29 is 23.8 Å². The van der Waals surface area contributed by atoms with Gasteiger partial charge in [-0.05, 0) is 43.0 Å². The molecule has 0 fully saturated rings. The molecule has 12 nitrogen and oxygen atoms in total. The summed E-state index contributed by atoms with van der Waals surface area (Å²) in [7, 11) is 1.58. The van der Waals surface area contributed by atoms with Gasteiger partial charge in [0.05, 0.1) is 27.9 Å². The first-order chi connectivity index (χ1) is 20.3. The fourth-order valence-electron chi connectivity index (χ4n) is 3.81. The number of anilines is 1. The number of thiazole rings is 1. The Bertz CT molecular complexity index is 1380. The number of guanidine groups is 1. The van der Waals surface area contributed by atoms with E-state index in [2.05, 4.69) is 31.2 Å². The molecular formula is C27H32ClFN8O4S. The summed E-state index contributed by atoms with van der Waals surface area (Å²) in [5.41, 5.74) is 1.18. The number of aliphatic hydroxyl groups excluding tert-OH is 1. The molecule has 1 atom stereocenters. The molecule has 0 unspecified atom stereocenters. The number of halogens is 2. The maximum atomic E-state index is 13.8. The summed E-state index contributed by atoms with van der Waals surface area (Å²) < 4.78 is 20.2. The first-order valence-corrected chi connectivity index (χ1v) is 14.3. The highest BCUT2D eigenvalue weighted by molar-refractivity contribution is 7.22. The number of aliphatic imine (C=N–C) groups is 1. The predicted molar refractivity (Wildman–Crippen MR) is 160 cm³/mol. The fourth-order valence-corrected chi connectivity index (χ4v) is 4.85. The molecule has 0 spiro atoms. The number of nitriles is 1. The van der Waals surface area contributed by atoms with E-state index >= 15 is 0 Å². The maximum absolute atomic E-state index is 13.8. The third-order valence-corrected chi connectivity index (χ3v) is 7.41. The summed E-state index contributed by atoms with van der Waals surface area (Å²) in [5.74, 6) is -0.324. The molecule has 2 aromatic carbocycles. The van der Waals surface area contributed by atoms with Crippen LogP contribution >= 0.6 is 22.9 Å². The average Bonchev–Trinajstić information content (AvgIpc) is 3.39. The molecule has 0 aliphatic rings. The number of nitrogens with zero attached hydrogens (tertiary/aromatic N) is 4. The quantitative estimate of drug-likeness (QED) is 0.0630. The number of hydrogen-bond donors (Lipinski definition) is 5. The molecule has 15 heteroatoms. The Kier molecular flexibility index (Phi) is 13.0. The Labute approximate surface area is 251 Å². The monoisotopic (exact) mass is 618 g/mol. The summed E-state index contributed by atoms with van der Waals surface area (Å²) in [6.07, 6.45) is 2.78. The van der Waals surface area contributed by atoms with Crippen molar-refractivity contribution in [1.29, 1.82) is 5.26 Å². The van der Waals surface area contributed by atoms with Crippen molar-refractivity contribution >= 4 is 56.4 Å². The molecule has 0 saturated carbocycles. The minimum atomic E-state index is -0.703. The number of carbonyl (C=O) groups is 2. The van der Waals surface area contributed by atoms with Gasteiger partial charge >= 0.3 is 12.1 Å². The topological polar surface area (TPSA) is 164 Å². The number of carbonyl (C=O) groups excluding carboxylic acids is 2. The van der Waals surface area contributed by atoms with Gasteiger partial charge in [-0.15, -0.1) is 0 Å². The number of aliphatic hydroxyl groups is 1. The first kappa shape index (κ1) is 32.3. The molecule has 3 aromatic rings. The van der Waals surface area contributed by atoms with Gasteiger partial charge in [-0.25, -0.2) is 19.0 Å². The lowest BCUT2D eigenvalue weighted by Gasteiger charge is -2.28. The van der Waals surface area contributed by atoms with Crippen LogP contribution in [0.15, 0.2) is 47.5 Å². The van der Waals surface area contributed by atoms with Crippen LogP contribution in [-0.4, -0.2) is 72.5 Å². The average molecular weight is 619 g/mol. The molecule has 3 amide bonds. The third-order valence-electron chi connectivity index (χ3n) is 6.03. The Morgan fingerprint density at radius 2 is 2.05 bits per heavy atom. The Morgan fingerprint density at radius 1 is 1.24 bits per heavy atom. The number of urea groups is 1. The van der Waals surface area contributed by atoms with Gasteiger partial charge in [0.2, 0.25) is 5.96 Å². The number of ether oxygens (including phenoxy) is 1. The zero-order valence-corrected chi connectivity index (χ0v) is 24.5. The Balaban J connectivity index is 1.59. The minimum Gasteiger partial charge on any atom is -0.447 e. The van der Waals surface area contributed by atoms with E-state index in [0.717, 1.165) is 10.2 Å². The summed E-state index contributed by atoms with van der Waals surface area (Å²) in [5, 5.41) is 28.7. The molecule has 0 aliphatic carbocycles. The highest BCUT2D eigenvalue weighted by atomic mass is 35.5. The molecule has 1 aromatic heterocycles. The second-order valence-corrected chi connectivity index (χ2v) is 10.4. The van der Waals surface area contributed by atoms with E-state index in [9.17, 15) is 14.0 Å². The number of para-hydroxylation sites is 1. The highest BCUT2D eigenvalue weighted by Gasteiger charge is 2.22. The van der Waals surface area contributed by atoms with Crippen LogP contribution in [0, 0.1) is 17.3 Å². The predicted octanol–water partition coefficient (Wildman–Crippen LogP) is 4.03. The van der Waals surface area contributed by atoms with Crippen molar-refractivity contribution in [3.05, 3.63) is 58.9 Å². The van der Waals surface area contributed by atoms with Crippen molar-refractivity contribution in [2.75, 3.05) is 38.7 Å². The number of fused-ring (bicyclic) bond motifs is 1. The number of likely N-dealkylation sites (N-methyl/N-ethyl adjacent to an activating group) is 1. The lowest BCUT2D eigenvalue weighted by molar-refractivity contribution is 0.113. The van der Waals surface area contributed by atoms with E-state index in [1.54, 1.807) is 19.3 Å². The lowest BCUT2D eigenvalue weighted by Crippen LogP contribution is -2.46. The minimum absolute atomic E-state index is 0.00958. The van der Waals surface area contributed by atoms with Gasteiger partial charge in [-0.2, -0.15) is 5.26 Å². The Morgan fingerprint density at radius 3 is 2.81 bits per heavy atom. The SMILES string of the molecule is CN(C(=O)NCc1cccc(F)c1Cl)[C@@H](CCCCN=C(NC#N)NCCO)COC(=O)Nc1nc2ccccc2s1. The van der Waals surface area contributed by atoms with Gasteiger partial charge in [-0.1, -0.05) is 47.2 Å². The molecule has 224 valence electrons. The molecule has 0 aliphatic heterocycles. The van der Waals surface area contributed by atoms with Crippen LogP contribution in [-0.2, 0) is 11.3 Å². The van der Waals surface area contributed by atoms with Crippen LogP contribution in [0.5, 0.6) is 0 Å². The van der Waals surface area contributed by atoms with Crippen molar-refractivity contribution in [3.8, 4) is 6.19 Å². The standard InChI is InChI=1S/C27H32ClFN8O4S/c1-37(26(39)33-15-18-7-6-9-20(29)23(18)28)19(8-4-5-12-31-24(34-17-30)32-13-14-38)16-41-27(40)36-25-35-21-10-2-3-11-22(21)42-25/h2-3,6-7,9-11,19,38H,4-5,8,12-16H2,1H3,(H,33,39)(H2,31,32,34)(H,35,36,40)/t19-/m0/s1. The summed E-state index contributed by atoms with van der Waals surface area (Å²) >= 11 is 7.32. The first-order valence-electron chi connectivity index (χ1n) is 13.1. The van der Waals surface area contributed by atoms with Gasteiger partial charge < -0.3 is 25.4 Å². The van der Waals surface area contributed by atoms with Gasteiger partial charge in [0.1, 0.15) is 12.4 Å². The van der Waals surface area contributed by atoms with Gasteiger partial charge in [0.25, 0.3) is 0 Å². The molecule has 0 bridgehead atoms. The lowest BCUT2D eigenvalue weighted by atomic mass is 10.1. The molecule has 0 saturated heterocycles. The number of unbranched alkanes of at least 4 members (excludes halogenated alkanes) is 1. The van der Waals surface area contributed by atoms with Crippen LogP contribution < -0.4 is 21.3 Å². The molecule has 1 heterocycles. The van der Waals surface area contributed by atoms with Crippen LogP contribution in [0.2, 0.25) is 5.02 Å². The molecule has 0 radical (unpaired) electrons. The van der Waals surface area contributed by atoms with Gasteiger partial charge in [0.15, 0.2) is 11.3 Å². The zero-order valence-electron chi connectivity index (χ0n) is 22.9. The fraction of sp³-hybridized carbons (Fsp3) is 0.370. The van der Waals surface area contributed by atoms with Gasteiger partial charge in [-0.3, -0.25) is 15.6 Å². The summed E-state index contributed by atoms with van der Waals surface area (Å²) in [6, 6.07) is 10.9. The number of benzene rings is 2. The van der Waals surface area contributed by atoms with E-state index in [0.29, 0.717) is 36.5 Å². The van der Waals surface area contributed by atoms with Crippen molar-refractivity contribution in [1.82, 2.24) is 25.8 Å². The number of rotatable bonds is 13. The van der Waals surface area contributed by atoms with E-state index in [-0.39, 0.29) is 37.3 Å². The van der Waals surface area contributed by atoms with Crippen LogP contribution in [0.3, 0.4) is 0 Å². The largest absolute Gasteiger partial charge is 0.447 e. The smallest absolute Gasteiger partial charge is 0.413 e. The molecule has 42 heavy (non-hydrogen) atoms. The number of hydrogen-bond acceptors (Lipinski definition) is 8. The molecule has 3 rings (SSSR count). The van der Waals surface area contributed by atoms with Crippen LogP contribution in [0.1, 0.15) is 24.8 Å². The van der Waals surface area contributed by atoms with Crippen molar-refractivity contribution in [2.24, 2.45) is 4.99 Å². The summed E-state index contributed by atoms with van der Waals surface area (Å²) in [4.78, 5) is 35.6. The maximum Gasteiger partial charge on any atom is 0.413 e. The second kappa shape index (κ2) is 16.9. The highest BCUT2D eigenvalue weighted by Crippen LogP contribution is 2.25. The van der Waals surface area contributed by atoms with Crippen LogP contribution in [0.4, 0.5) is 19.1 Å². The molecule has 5 N–H and O–H groups in total. The van der Waals surface area contributed by atoms with Crippen LogP contribution in [0.25, 0.3) is 10.2 Å². The van der Waals surface area contributed by atoms with E-state index in [1.165, 1.54) is 28.4 Å². The zero-order chi connectivity index (χ0) is 30.3. The number of nitrogens with one attached hydrogen (secondary N) is 4. The Hall–Kier alpha value is -4.19. The van der Waals surface area contributed by atoms with Crippen molar-refractivity contribution in [3.63, 3.8) is 0 Å². The molecular weight excluding hydrogens is 587 g/mol. The normalized spacial score (nSPS) is 11.8. The van der Waals surface area contributed by atoms with Gasteiger partial charge in [0, 0.05) is 26.7 Å². The summed E-state index contributed by atoms with van der Waals surface area (Å²) in [6.45, 7) is 0.425. The van der Waals surface area contributed by atoms with E-state index in [1.807, 2.05) is 24.3 Å². The van der Waals surface area contributed by atoms with E-state index in [4.69, 9.17) is 26.7 Å². The van der Waals surface area contributed by atoms with Crippen molar-refractivity contribution in [2.45, 2.75) is 31.8 Å². The number of amides is 3. The second-order valence-electron chi connectivity index (χ2n) is 8.96. The number of aromatic nitrogens is 1. The van der Waals surface area contributed by atoms with E-state index < -0.39 is 24.0 Å². The third kappa shape index (κ3) is 10.0.